The van der Waals surface area contributed by atoms with Crippen molar-refractivity contribution in [3.8, 4) is 0 Å². The number of aliphatic hydroxyl groups is 1. The molecule has 1 rings (SSSR count). The molecule has 1 heterocycles. The van der Waals surface area contributed by atoms with Gasteiger partial charge in [0, 0.05) is 18.8 Å². The van der Waals surface area contributed by atoms with Crippen molar-refractivity contribution in [2.75, 3.05) is 6.61 Å². The molecule has 2 N–H and O–H groups in total. The average molecular weight is 149 g/mol. The summed E-state index contributed by atoms with van der Waals surface area (Å²) < 4.78 is 0. The van der Waals surface area contributed by atoms with Crippen LogP contribution < -0.4 is 0 Å². The van der Waals surface area contributed by atoms with E-state index in [0.717, 1.165) is 5.82 Å². The standard InChI is InChI=1S/C5H8N2O.ClH/c8-4-1-5-6-2-3-7-5;/h2-3,8H,1,4H2,(H,6,7);1H. The smallest absolute Gasteiger partial charge is 0.108 e. The molecule has 52 valence electrons. The molecule has 1 aromatic rings. The first-order valence-corrected chi connectivity index (χ1v) is 2.52. The van der Waals surface area contributed by atoms with Crippen molar-refractivity contribution in [3.63, 3.8) is 0 Å². The molecule has 0 amide bonds. The topological polar surface area (TPSA) is 48.9 Å². The van der Waals surface area contributed by atoms with Gasteiger partial charge in [-0.1, -0.05) is 0 Å². The summed E-state index contributed by atoms with van der Waals surface area (Å²) in [6.07, 6.45) is 4.03. The van der Waals surface area contributed by atoms with E-state index >= 15 is 0 Å². The maximum absolute atomic E-state index is 8.38. The zero-order valence-electron chi connectivity index (χ0n) is 4.87. The van der Waals surface area contributed by atoms with Crippen LogP contribution in [0, 0.1) is 0 Å². The molecule has 4 heteroatoms. The fourth-order valence-electron chi connectivity index (χ4n) is 0.541. The second-order valence-corrected chi connectivity index (χ2v) is 1.51. The lowest BCUT2D eigenvalue weighted by Gasteiger charge is -1.85. The van der Waals surface area contributed by atoms with Gasteiger partial charge in [-0.05, 0) is 0 Å². The van der Waals surface area contributed by atoms with Gasteiger partial charge in [0.15, 0.2) is 0 Å². The number of nitrogens with zero attached hydrogens (tertiary/aromatic N) is 1. The minimum absolute atomic E-state index is 0. The molecule has 0 spiro atoms. The Morgan fingerprint density at radius 2 is 2.44 bits per heavy atom. The molecule has 0 aliphatic carbocycles. The lowest BCUT2D eigenvalue weighted by Crippen LogP contribution is -1.91. The third kappa shape index (κ3) is 2.49. The fraction of sp³-hybridized carbons (Fsp3) is 0.400. The van der Waals surface area contributed by atoms with Gasteiger partial charge in [0.1, 0.15) is 5.82 Å². The number of aromatic nitrogens is 2. The van der Waals surface area contributed by atoms with Gasteiger partial charge >= 0.3 is 0 Å². The lowest BCUT2D eigenvalue weighted by atomic mass is 10.4. The summed E-state index contributed by atoms with van der Waals surface area (Å²) in [7, 11) is 0. The van der Waals surface area contributed by atoms with Crippen molar-refractivity contribution >= 4 is 12.4 Å². The Morgan fingerprint density at radius 3 is 2.89 bits per heavy atom. The number of nitrogens with one attached hydrogen (secondary N) is 1. The minimum atomic E-state index is 0. The number of imidazole rings is 1. The van der Waals surface area contributed by atoms with Crippen LogP contribution in [0.3, 0.4) is 0 Å². The molecule has 3 nitrogen and oxygen atoms in total. The van der Waals surface area contributed by atoms with Crippen LogP contribution >= 0.6 is 12.4 Å². The first kappa shape index (κ1) is 8.46. The molecule has 0 saturated heterocycles. The molecule has 0 fully saturated rings. The summed E-state index contributed by atoms with van der Waals surface area (Å²) in [5.41, 5.74) is 0. The predicted octanol–water partition coefficient (Wildman–Crippen LogP) is 0.366. The second-order valence-electron chi connectivity index (χ2n) is 1.51. The third-order valence-electron chi connectivity index (χ3n) is 0.903. The third-order valence-corrected chi connectivity index (χ3v) is 0.903. The van der Waals surface area contributed by atoms with Crippen molar-refractivity contribution in [2.24, 2.45) is 0 Å². The quantitative estimate of drug-likeness (QED) is 0.637. The fourth-order valence-corrected chi connectivity index (χ4v) is 0.541. The van der Waals surface area contributed by atoms with Crippen LogP contribution in [0.25, 0.3) is 0 Å². The predicted molar refractivity (Wildman–Crippen MR) is 36.6 cm³/mol. The van der Waals surface area contributed by atoms with Gasteiger partial charge in [-0.3, -0.25) is 0 Å². The van der Waals surface area contributed by atoms with E-state index in [-0.39, 0.29) is 19.0 Å². The number of aromatic amines is 1. The number of hydrogen-bond acceptors (Lipinski definition) is 2. The van der Waals surface area contributed by atoms with Crippen molar-refractivity contribution < 1.29 is 5.11 Å². The Kier molecular flexibility index (Phi) is 4.09. The molecule has 0 saturated carbocycles. The van der Waals surface area contributed by atoms with E-state index in [4.69, 9.17) is 5.11 Å². The number of rotatable bonds is 2. The van der Waals surface area contributed by atoms with Crippen LogP contribution in [0.1, 0.15) is 5.82 Å². The normalized spacial score (nSPS) is 8.56. The summed E-state index contributed by atoms with van der Waals surface area (Å²) in [6, 6.07) is 0. The zero-order chi connectivity index (χ0) is 5.82. The molecule has 0 bridgehead atoms. The van der Waals surface area contributed by atoms with E-state index in [9.17, 15) is 0 Å². The summed E-state index contributed by atoms with van der Waals surface area (Å²) in [5, 5.41) is 8.38. The van der Waals surface area contributed by atoms with Crippen molar-refractivity contribution in [2.45, 2.75) is 6.42 Å². The molecular weight excluding hydrogens is 140 g/mol. The number of halogens is 1. The largest absolute Gasteiger partial charge is 0.396 e. The van der Waals surface area contributed by atoms with E-state index < -0.39 is 0 Å². The van der Waals surface area contributed by atoms with Crippen LogP contribution in [0.15, 0.2) is 12.4 Å². The van der Waals surface area contributed by atoms with Crippen molar-refractivity contribution in [3.05, 3.63) is 18.2 Å². The molecule has 9 heavy (non-hydrogen) atoms. The number of aliphatic hydroxyl groups excluding tert-OH is 1. The van der Waals surface area contributed by atoms with Crippen LogP contribution in [0.2, 0.25) is 0 Å². The van der Waals surface area contributed by atoms with Crippen LogP contribution in [0.4, 0.5) is 0 Å². The Balaban J connectivity index is 0.000000640. The lowest BCUT2D eigenvalue weighted by molar-refractivity contribution is 0.297. The maximum atomic E-state index is 8.38. The van der Waals surface area contributed by atoms with Gasteiger partial charge in [0.2, 0.25) is 0 Å². The van der Waals surface area contributed by atoms with E-state index in [0.29, 0.717) is 6.42 Å². The molecule has 0 aliphatic heterocycles. The van der Waals surface area contributed by atoms with Crippen LogP contribution in [0.5, 0.6) is 0 Å². The molecule has 0 radical (unpaired) electrons. The number of H-pyrrole nitrogens is 1. The minimum Gasteiger partial charge on any atom is -0.396 e. The molecule has 0 atom stereocenters. The first-order valence-electron chi connectivity index (χ1n) is 2.52. The molecule has 0 aromatic carbocycles. The molecule has 0 unspecified atom stereocenters. The van der Waals surface area contributed by atoms with Gasteiger partial charge in [-0.25, -0.2) is 4.98 Å². The average Bonchev–Trinajstić information content (AvgIpc) is 2.19. The monoisotopic (exact) mass is 148 g/mol. The highest BCUT2D eigenvalue weighted by Gasteiger charge is 1.88. The first-order chi connectivity index (χ1) is 3.93. The van der Waals surface area contributed by atoms with E-state index in [1.165, 1.54) is 0 Å². The summed E-state index contributed by atoms with van der Waals surface area (Å²) in [4.78, 5) is 6.76. The summed E-state index contributed by atoms with van der Waals surface area (Å²) >= 11 is 0. The summed E-state index contributed by atoms with van der Waals surface area (Å²) in [5.74, 6) is 0.840. The van der Waals surface area contributed by atoms with Gasteiger partial charge in [-0.2, -0.15) is 0 Å². The maximum Gasteiger partial charge on any atom is 0.108 e. The van der Waals surface area contributed by atoms with Crippen LogP contribution in [-0.4, -0.2) is 21.7 Å². The van der Waals surface area contributed by atoms with Gasteiger partial charge in [-0.15, -0.1) is 12.4 Å². The highest BCUT2D eigenvalue weighted by Crippen LogP contribution is 1.86. The summed E-state index contributed by atoms with van der Waals surface area (Å²) in [6.45, 7) is 0.160. The molecule has 0 aliphatic rings. The van der Waals surface area contributed by atoms with E-state index in [2.05, 4.69) is 9.97 Å². The Morgan fingerprint density at radius 1 is 1.67 bits per heavy atom. The molecular formula is C5H9ClN2O. The Labute approximate surface area is 59.5 Å². The highest BCUT2D eigenvalue weighted by atomic mass is 35.5. The van der Waals surface area contributed by atoms with Crippen molar-refractivity contribution in [1.29, 1.82) is 0 Å². The number of hydrogen-bond donors (Lipinski definition) is 2. The Hall–Kier alpha value is -0.540. The Bertz CT molecular complexity index is 141. The van der Waals surface area contributed by atoms with Crippen LogP contribution in [-0.2, 0) is 6.42 Å². The highest BCUT2D eigenvalue weighted by molar-refractivity contribution is 5.85. The zero-order valence-corrected chi connectivity index (χ0v) is 5.69. The van der Waals surface area contributed by atoms with Crippen molar-refractivity contribution in [1.82, 2.24) is 9.97 Å². The SMILES string of the molecule is Cl.OCCc1ncc[nH]1. The second kappa shape index (κ2) is 4.35. The van der Waals surface area contributed by atoms with Gasteiger partial charge in [0.05, 0.1) is 6.61 Å². The van der Waals surface area contributed by atoms with E-state index in [1.54, 1.807) is 12.4 Å². The van der Waals surface area contributed by atoms with Gasteiger partial charge < -0.3 is 10.1 Å². The molecule has 1 aromatic heterocycles. The van der Waals surface area contributed by atoms with Gasteiger partial charge in [0.25, 0.3) is 0 Å². The van der Waals surface area contributed by atoms with E-state index in [1.807, 2.05) is 0 Å².